The molecule has 2 heterocycles. The average Bonchev–Trinajstić information content (AvgIpc) is 2.93. The van der Waals surface area contributed by atoms with Crippen LogP contribution in [-0.2, 0) is 14.3 Å². The molecule has 1 atom stereocenters. The zero-order valence-corrected chi connectivity index (χ0v) is 13.0. The van der Waals surface area contributed by atoms with E-state index < -0.39 is 23.2 Å². The van der Waals surface area contributed by atoms with E-state index in [-0.39, 0.29) is 4.91 Å². The van der Waals surface area contributed by atoms with Gasteiger partial charge < -0.3 is 4.74 Å². The third kappa shape index (κ3) is 2.89. The van der Waals surface area contributed by atoms with Crippen LogP contribution in [0.5, 0.6) is 0 Å². The van der Waals surface area contributed by atoms with E-state index >= 15 is 0 Å². The summed E-state index contributed by atoms with van der Waals surface area (Å²) in [4.78, 5) is 37.4. The first-order chi connectivity index (χ1) is 9.43. The van der Waals surface area contributed by atoms with E-state index in [1.165, 1.54) is 25.4 Å². The number of amides is 2. The monoisotopic (exact) mass is 331 g/mol. The highest BCUT2D eigenvalue weighted by Gasteiger charge is 2.41. The second kappa shape index (κ2) is 5.99. The molecule has 0 aliphatic carbocycles. The van der Waals surface area contributed by atoms with Gasteiger partial charge in [-0.05, 0) is 36.9 Å². The first kappa shape index (κ1) is 15.1. The second-order valence-electron chi connectivity index (χ2n) is 3.89. The van der Waals surface area contributed by atoms with Crippen molar-refractivity contribution < 1.29 is 19.1 Å². The molecule has 0 spiro atoms. The molecule has 0 saturated carbocycles. The number of carbonyl (C=O) groups excluding carboxylic acids is 3. The van der Waals surface area contributed by atoms with E-state index in [1.54, 1.807) is 18.2 Å². The lowest BCUT2D eigenvalue weighted by Gasteiger charge is -2.18. The number of thioether (sulfide) groups is 1. The fraction of sp³-hybridized carbons (Fsp3) is 0.250. The van der Waals surface area contributed by atoms with Crippen LogP contribution in [0.4, 0.5) is 4.79 Å². The smallest absolute Gasteiger partial charge is 0.328 e. The molecule has 0 unspecified atom stereocenters. The Balaban J connectivity index is 2.25. The van der Waals surface area contributed by atoms with Crippen molar-refractivity contribution in [2.45, 2.75) is 13.0 Å². The zero-order chi connectivity index (χ0) is 14.9. The average molecular weight is 332 g/mol. The predicted molar refractivity (Wildman–Crippen MR) is 78.6 cm³/mol. The molecule has 1 aliphatic heterocycles. The van der Waals surface area contributed by atoms with Crippen molar-refractivity contribution in [1.82, 2.24) is 4.90 Å². The van der Waals surface area contributed by atoms with Gasteiger partial charge in [0.1, 0.15) is 6.04 Å². The number of carbonyl (C=O) groups is 3. The molecule has 5 nitrogen and oxygen atoms in total. The van der Waals surface area contributed by atoms with Crippen LogP contribution in [0.25, 0.3) is 6.08 Å². The van der Waals surface area contributed by atoms with Crippen molar-refractivity contribution in [3.63, 3.8) is 0 Å². The van der Waals surface area contributed by atoms with Crippen LogP contribution >= 0.6 is 34.7 Å². The van der Waals surface area contributed by atoms with E-state index in [0.29, 0.717) is 4.34 Å². The topological polar surface area (TPSA) is 63.7 Å². The first-order valence-electron chi connectivity index (χ1n) is 5.54. The van der Waals surface area contributed by atoms with Gasteiger partial charge in [0.25, 0.3) is 11.1 Å². The molecule has 2 amide bonds. The summed E-state index contributed by atoms with van der Waals surface area (Å²) in [5.74, 6) is -1.13. The molecule has 20 heavy (non-hydrogen) atoms. The molecule has 0 bridgehead atoms. The number of methoxy groups -OCH3 is 1. The maximum absolute atomic E-state index is 12.2. The van der Waals surface area contributed by atoms with E-state index in [0.717, 1.165) is 21.5 Å². The highest BCUT2D eigenvalue weighted by atomic mass is 35.5. The molecule has 0 radical (unpaired) electrons. The summed E-state index contributed by atoms with van der Waals surface area (Å²) >= 11 is 7.91. The standard InChI is InChI=1S/C12H10ClNO4S2/c1-6(11(16)18-2)14-10(15)8(20-12(14)17)5-7-3-4-9(13)19-7/h3-6H,1-2H3/b8-5+/t6-/m1/s1. The summed E-state index contributed by atoms with van der Waals surface area (Å²) < 4.78 is 5.14. The minimum Gasteiger partial charge on any atom is -0.467 e. The molecule has 1 aromatic rings. The number of hydrogen-bond donors (Lipinski definition) is 0. The molecule has 2 rings (SSSR count). The lowest BCUT2D eigenvalue weighted by molar-refractivity contribution is -0.148. The number of nitrogens with zero attached hydrogens (tertiary/aromatic N) is 1. The Labute approximate surface area is 128 Å². The number of hydrogen-bond acceptors (Lipinski definition) is 6. The molecular weight excluding hydrogens is 322 g/mol. The van der Waals surface area contributed by atoms with Gasteiger partial charge in [-0.3, -0.25) is 14.5 Å². The lowest BCUT2D eigenvalue weighted by Crippen LogP contribution is -2.42. The highest BCUT2D eigenvalue weighted by molar-refractivity contribution is 8.18. The van der Waals surface area contributed by atoms with Gasteiger partial charge in [-0.2, -0.15) is 0 Å². The summed E-state index contributed by atoms with van der Waals surface area (Å²) in [5.41, 5.74) is 0. The van der Waals surface area contributed by atoms with Crippen molar-refractivity contribution in [3.8, 4) is 0 Å². The number of imide groups is 1. The molecule has 106 valence electrons. The highest BCUT2D eigenvalue weighted by Crippen LogP contribution is 2.35. The zero-order valence-electron chi connectivity index (χ0n) is 10.6. The summed E-state index contributed by atoms with van der Waals surface area (Å²) in [7, 11) is 1.21. The van der Waals surface area contributed by atoms with Crippen molar-refractivity contribution in [3.05, 3.63) is 26.3 Å². The number of thiophene rings is 1. The van der Waals surface area contributed by atoms with Crippen LogP contribution in [0.3, 0.4) is 0 Å². The predicted octanol–water partition coefficient (Wildman–Crippen LogP) is 3.00. The number of ether oxygens (including phenoxy) is 1. The SMILES string of the molecule is COC(=O)[C@@H](C)N1C(=O)S/C(=C/c2ccc(Cl)s2)C1=O. The molecule has 1 aromatic heterocycles. The molecule has 8 heteroatoms. The Morgan fingerprint density at radius 1 is 1.45 bits per heavy atom. The van der Waals surface area contributed by atoms with Crippen LogP contribution in [0.1, 0.15) is 11.8 Å². The molecule has 1 aliphatic rings. The van der Waals surface area contributed by atoms with Crippen molar-refractivity contribution in [1.29, 1.82) is 0 Å². The van der Waals surface area contributed by atoms with Gasteiger partial charge in [0.05, 0.1) is 16.4 Å². The van der Waals surface area contributed by atoms with E-state index in [1.807, 2.05) is 0 Å². The maximum Gasteiger partial charge on any atom is 0.328 e. The third-order valence-electron chi connectivity index (χ3n) is 2.62. The molecule has 1 fully saturated rings. The summed E-state index contributed by atoms with van der Waals surface area (Å²) in [6, 6.07) is 2.52. The maximum atomic E-state index is 12.2. The minimum atomic E-state index is -0.940. The number of rotatable bonds is 3. The number of esters is 1. The van der Waals surface area contributed by atoms with Crippen LogP contribution in [0.15, 0.2) is 17.0 Å². The van der Waals surface area contributed by atoms with Gasteiger partial charge in [0.2, 0.25) is 0 Å². The van der Waals surface area contributed by atoms with E-state index in [2.05, 4.69) is 4.74 Å². The van der Waals surface area contributed by atoms with Gasteiger partial charge in [0.15, 0.2) is 0 Å². The van der Waals surface area contributed by atoms with Gasteiger partial charge in [0, 0.05) is 4.88 Å². The molecule has 0 N–H and O–H groups in total. The normalized spacial score (nSPS) is 18.8. The van der Waals surface area contributed by atoms with Gasteiger partial charge in [-0.15, -0.1) is 11.3 Å². The van der Waals surface area contributed by atoms with Crippen LogP contribution in [0.2, 0.25) is 4.34 Å². The summed E-state index contributed by atoms with van der Waals surface area (Å²) in [6.07, 6.45) is 1.59. The summed E-state index contributed by atoms with van der Waals surface area (Å²) in [6.45, 7) is 1.45. The van der Waals surface area contributed by atoms with Crippen molar-refractivity contribution >= 4 is 57.9 Å². The molecule has 1 saturated heterocycles. The van der Waals surface area contributed by atoms with E-state index in [4.69, 9.17) is 11.6 Å². The first-order valence-corrected chi connectivity index (χ1v) is 7.55. The van der Waals surface area contributed by atoms with Crippen LogP contribution in [-0.4, -0.2) is 35.2 Å². The largest absolute Gasteiger partial charge is 0.467 e. The third-order valence-corrected chi connectivity index (χ3v) is 4.68. The lowest BCUT2D eigenvalue weighted by atomic mass is 10.3. The molecule has 0 aromatic carbocycles. The fourth-order valence-corrected chi connectivity index (χ4v) is 3.60. The van der Waals surface area contributed by atoms with Crippen molar-refractivity contribution in [2.24, 2.45) is 0 Å². The Kier molecular flexibility index (Phi) is 4.52. The van der Waals surface area contributed by atoms with Gasteiger partial charge in [-0.1, -0.05) is 11.6 Å². The van der Waals surface area contributed by atoms with Crippen LogP contribution < -0.4 is 0 Å². The van der Waals surface area contributed by atoms with Gasteiger partial charge >= 0.3 is 5.97 Å². The molecular formula is C12H10ClNO4S2. The van der Waals surface area contributed by atoms with Crippen LogP contribution in [0, 0.1) is 0 Å². The quantitative estimate of drug-likeness (QED) is 0.629. The Morgan fingerprint density at radius 2 is 2.15 bits per heavy atom. The Morgan fingerprint density at radius 3 is 2.70 bits per heavy atom. The van der Waals surface area contributed by atoms with Gasteiger partial charge in [-0.25, -0.2) is 4.79 Å². The number of halogens is 1. The Bertz CT molecular complexity index is 610. The Hall–Kier alpha value is -1.31. The summed E-state index contributed by atoms with van der Waals surface area (Å²) in [5, 5.41) is -0.484. The van der Waals surface area contributed by atoms with Crippen molar-refractivity contribution in [2.75, 3.05) is 7.11 Å². The fourth-order valence-electron chi connectivity index (χ4n) is 1.62. The second-order valence-corrected chi connectivity index (χ2v) is 6.63. The van der Waals surface area contributed by atoms with E-state index in [9.17, 15) is 14.4 Å². The minimum absolute atomic E-state index is 0.268.